The molecule has 0 N–H and O–H groups in total. The van der Waals surface area contributed by atoms with Crippen molar-refractivity contribution in [3.05, 3.63) is 271 Å². The fraction of sp³-hybridized carbons (Fsp3) is 0.141. The predicted octanol–water partition coefficient (Wildman–Crippen LogP) is 20.5. The molecule has 7 heteroatoms. The summed E-state index contributed by atoms with van der Waals surface area (Å²) in [4.78, 5) is 2.55. The molecule has 0 fully saturated rings. The molecule has 6 nitrogen and oxygen atoms in total. The van der Waals surface area contributed by atoms with Crippen LogP contribution in [0, 0.1) is 11.3 Å². The maximum Gasteiger partial charge on any atom is 0.256 e. The van der Waals surface area contributed by atoms with E-state index in [1.807, 2.05) is 6.07 Å². The summed E-state index contributed by atoms with van der Waals surface area (Å²) in [5.41, 5.74) is 24.6. The van der Waals surface area contributed by atoms with Crippen LogP contribution in [-0.2, 0) is 16.2 Å². The third kappa shape index (κ3) is 8.46. The van der Waals surface area contributed by atoms with Crippen LogP contribution >= 0.6 is 0 Å². The second-order valence-corrected chi connectivity index (χ2v) is 28.5. The van der Waals surface area contributed by atoms with E-state index in [0.717, 1.165) is 112 Å². The van der Waals surface area contributed by atoms with Crippen LogP contribution in [0.2, 0.25) is 0 Å². The molecule has 2 aliphatic rings. The van der Waals surface area contributed by atoms with Crippen molar-refractivity contribution in [2.45, 2.75) is 78.6 Å². The molecule has 17 rings (SSSR count). The quantitative estimate of drug-likeness (QED) is 0.156. The third-order valence-electron chi connectivity index (χ3n) is 19.8. The molecule has 0 aliphatic carbocycles. The van der Waals surface area contributed by atoms with Gasteiger partial charge in [-0.2, -0.15) is 5.26 Å². The van der Waals surface area contributed by atoms with Gasteiger partial charge >= 0.3 is 0 Å². The van der Waals surface area contributed by atoms with Crippen LogP contribution < -0.4 is 26.0 Å². The van der Waals surface area contributed by atoms with Gasteiger partial charge in [-0.05, 0) is 170 Å². The van der Waals surface area contributed by atoms with Crippen molar-refractivity contribution in [3.8, 4) is 56.9 Å². The first-order valence-corrected chi connectivity index (χ1v) is 32.2. The number of hydrogen-bond acceptors (Lipinski definition) is 3. The SMILES string of the molecule is CC(C)(C)c1ccc(N2c3cc(-n4c5ccc(C(C)(C)C)cc5c5cc(C(C)(C)C)ccc54)ccc3B3c4ccc(-n5c6ccccc6c6ccccc65)cc4Oc4cc(-c5cc(C#N)ccc5-n5c6ccccc6c6ccccc65)cc2c43)c(-c2ccccc2)c1. The molecule has 0 spiro atoms. The summed E-state index contributed by atoms with van der Waals surface area (Å²) in [6, 6.07) is 94.5. The maximum absolute atomic E-state index is 10.9. The highest BCUT2D eigenvalue weighted by Crippen LogP contribution is 2.50. The zero-order valence-electron chi connectivity index (χ0n) is 53.4. The summed E-state index contributed by atoms with van der Waals surface area (Å²) in [5.74, 6) is 1.57. The minimum absolute atomic E-state index is 0.0506. The highest BCUT2D eigenvalue weighted by atomic mass is 16.5. The second kappa shape index (κ2) is 20.1. The molecule has 0 bridgehead atoms. The number of para-hydroxylation sites is 4. The van der Waals surface area contributed by atoms with E-state index in [1.54, 1.807) is 0 Å². The molecule has 15 aromatic rings. The van der Waals surface area contributed by atoms with Gasteiger partial charge in [-0.25, -0.2) is 0 Å². The molecule has 0 unspecified atom stereocenters. The van der Waals surface area contributed by atoms with Crippen LogP contribution in [0.1, 0.15) is 84.6 Å². The van der Waals surface area contributed by atoms with Crippen molar-refractivity contribution >= 4 is 106 Å². The molecule has 0 amide bonds. The molecular formula is C85H68BN5O. The van der Waals surface area contributed by atoms with Crippen LogP contribution in [0.25, 0.3) is 105 Å². The molecule has 5 heterocycles. The molecule has 0 radical (unpaired) electrons. The number of benzene rings is 12. The Bertz CT molecular complexity index is 5480. The number of ether oxygens (including phenoxy) is 1. The standard InChI is InChI=1S/C85H68BN5O/c1-83(2,3)55-32-40-75(65(46-55)53-21-11-10-12-22-53)91-78-49-58(88-76-41-33-56(84(4,5)6)47-66(76)67-48-57(85(7,8)9)34-42-77(67)88)35-37-68(78)86-69-38-36-59(89-70-27-17-13-23-60(70)61-24-14-18-28-71(61)89)50-80(69)92-81-45-54(44-79(91)82(81)86)64-43-52(51-87)31-39-74(64)90-72-29-19-15-25-62(72)63-26-16-20-30-73(63)90/h10-50H,1-9H3. The Kier molecular flexibility index (Phi) is 12.1. The first kappa shape index (κ1) is 55.3. The van der Waals surface area contributed by atoms with Crippen LogP contribution in [0.3, 0.4) is 0 Å². The number of nitrogens with zero attached hydrogens (tertiary/aromatic N) is 5. The largest absolute Gasteiger partial charge is 0.458 e. The Balaban J connectivity index is 0.989. The minimum Gasteiger partial charge on any atom is -0.458 e. The maximum atomic E-state index is 10.9. The topological polar surface area (TPSA) is 51.0 Å². The second-order valence-electron chi connectivity index (χ2n) is 28.5. The molecular weight excluding hydrogens is 1120 g/mol. The minimum atomic E-state index is -0.247. The first-order valence-electron chi connectivity index (χ1n) is 32.2. The van der Waals surface area contributed by atoms with E-state index in [2.05, 4.69) is 330 Å². The summed E-state index contributed by atoms with van der Waals surface area (Å²) in [7, 11) is 0. The summed E-state index contributed by atoms with van der Waals surface area (Å²) in [6.07, 6.45) is 0. The highest BCUT2D eigenvalue weighted by molar-refractivity contribution is 6.99. The Labute approximate surface area is 537 Å². The van der Waals surface area contributed by atoms with Crippen molar-refractivity contribution in [1.29, 1.82) is 5.26 Å². The lowest BCUT2D eigenvalue weighted by Crippen LogP contribution is -2.59. The third-order valence-corrected chi connectivity index (χ3v) is 19.8. The number of anilines is 3. The Hall–Kier alpha value is -10.8. The summed E-state index contributed by atoms with van der Waals surface area (Å²) in [6.45, 7) is 20.5. The van der Waals surface area contributed by atoms with Gasteiger partial charge in [0.15, 0.2) is 0 Å². The Morgan fingerprint density at radius 1 is 0.337 bits per heavy atom. The van der Waals surface area contributed by atoms with Crippen LogP contribution in [0.4, 0.5) is 17.1 Å². The molecule has 92 heavy (non-hydrogen) atoms. The van der Waals surface area contributed by atoms with E-state index in [0.29, 0.717) is 5.56 Å². The Morgan fingerprint density at radius 3 is 1.36 bits per heavy atom. The molecule has 12 aromatic carbocycles. The zero-order chi connectivity index (χ0) is 62.7. The zero-order valence-corrected chi connectivity index (χ0v) is 53.4. The summed E-state index contributed by atoms with van der Waals surface area (Å²) < 4.78 is 14.9. The van der Waals surface area contributed by atoms with Gasteiger partial charge in [0.1, 0.15) is 11.5 Å². The van der Waals surface area contributed by atoms with Crippen molar-refractivity contribution in [2.75, 3.05) is 4.90 Å². The van der Waals surface area contributed by atoms with E-state index >= 15 is 0 Å². The van der Waals surface area contributed by atoms with Crippen molar-refractivity contribution in [2.24, 2.45) is 0 Å². The summed E-state index contributed by atoms with van der Waals surface area (Å²) >= 11 is 0. The first-order chi connectivity index (χ1) is 44.5. The lowest BCUT2D eigenvalue weighted by molar-refractivity contribution is 0.487. The molecule has 0 saturated heterocycles. The van der Waals surface area contributed by atoms with E-state index in [4.69, 9.17) is 4.74 Å². The van der Waals surface area contributed by atoms with Crippen LogP contribution in [0.15, 0.2) is 249 Å². The van der Waals surface area contributed by atoms with E-state index in [-0.39, 0.29) is 23.0 Å². The van der Waals surface area contributed by atoms with Gasteiger partial charge in [-0.1, -0.05) is 196 Å². The van der Waals surface area contributed by atoms with Gasteiger partial charge in [-0.3, -0.25) is 0 Å². The molecule has 0 atom stereocenters. The summed E-state index contributed by atoms with van der Waals surface area (Å²) in [5, 5.41) is 18.1. The lowest BCUT2D eigenvalue weighted by Gasteiger charge is -2.41. The fourth-order valence-electron chi connectivity index (χ4n) is 15.1. The number of aromatic nitrogens is 3. The van der Waals surface area contributed by atoms with Crippen LogP contribution in [-0.4, -0.2) is 20.4 Å². The number of rotatable bonds is 6. The predicted molar refractivity (Wildman–Crippen MR) is 387 cm³/mol. The van der Waals surface area contributed by atoms with Crippen molar-refractivity contribution < 1.29 is 4.74 Å². The van der Waals surface area contributed by atoms with Gasteiger partial charge in [0.2, 0.25) is 0 Å². The lowest BCUT2D eigenvalue weighted by atomic mass is 9.34. The molecule has 442 valence electrons. The Morgan fingerprint density at radius 2 is 0.804 bits per heavy atom. The van der Waals surface area contributed by atoms with Crippen molar-refractivity contribution in [3.63, 3.8) is 0 Å². The van der Waals surface area contributed by atoms with Gasteiger partial charge in [-0.15, -0.1) is 0 Å². The number of hydrogen-bond donors (Lipinski definition) is 0. The number of fused-ring (bicyclic) bond motifs is 13. The van der Waals surface area contributed by atoms with Crippen molar-refractivity contribution in [1.82, 2.24) is 13.7 Å². The van der Waals surface area contributed by atoms with E-state index in [9.17, 15) is 5.26 Å². The van der Waals surface area contributed by atoms with Crippen LogP contribution in [0.5, 0.6) is 11.5 Å². The van der Waals surface area contributed by atoms with Gasteiger partial charge in [0.25, 0.3) is 6.71 Å². The monoisotopic (exact) mass is 1190 g/mol. The normalized spacial score (nSPS) is 13.1. The van der Waals surface area contributed by atoms with Gasteiger partial charge < -0.3 is 23.3 Å². The smallest absolute Gasteiger partial charge is 0.256 e. The molecule has 2 aliphatic heterocycles. The molecule has 3 aromatic heterocycles. The van der Waals surface area contributed by atoms with E-state index in [1.165, 1.54) is 54.5 Å². The highest BCUT2D eigenvalue weighted by Gasteiger charge is 2.44. The fourth-order valence-corrected chi connectivity index (χ4v) is 15.1. The average molecular weight is 1190 g/mol. The van der Waals surface area contributed by atoms with Gasteiger partial charge in [0.05, 0.1) is 56.1 Å². The van der Waals surface area contributed by atoms with Gasteiger partial charge in [0, 0.05) is 72.3 Å². The number of nitriles is 1. The van der Waals surface area contributed by atoms with E-state index < -0.39 is 0 Å². The average Bonchev–Trinajstić information content (AvgIpc) is 0.826. The molecule has 0 saturated carbocycles.